The highest BCUT2D eigenvalue weighted by molar-refractivity contribution is 5.95. The average Bonchev–Trinajstić information content (AvgIpc) is 2.80. The Morgan fingerprint density at radius 2 is 1.70 bits per heavy atom. The first-order chi connectivity index (χ1) is 10.9. The Balaban J connectivity index is 1.81. The zero-order valence-electron chi connectivity index (χ0n) is 12.7. The van der Waals surface area contributed by atoms with Crippen molar-refractivity contribution in [2.45, 2.75) is 20.3 Å². The van der Waals surface area contributed by atoms with E-state index in [1.807, 2.05) is 26.0 Å². The monoisotopic (exact) mass is 315 g/mol. The molecule has 0 aliphatic carbocycles. The van der Waals surface area contributed by atoms with E-state index in [1.165, 1.54) is 6.26 Å². The number of rotatable bonds is 3. The Kier molecular flexibility index (Phi) is 3.86. The molecule has 0 aliphatic heterocycles. The second kappa shape index (κ2) is 5.83. The lowest BCUT2D eigenvalue weighted by Crippen LogP contribution is -2.14. The first-order valence-electron chi connectivity index (χ1n) is 7.15. The third kappa shape index (κ3) is 3.23. The fourth-order valence-electron chi connectivity index (χ4n) is 2.48. The number of amides is 1. The summed E-state index contributed by atoms with van der Waals surface area (Å²) in [5.74, 6) is -1.84. The molecule has 1 N–H and O–H groups in total. The molecule has 1 heterocycles. The van der Waals surface area contributed by atoms with E-state index in [0.717, 1.165) is 40.3 Å². The van der Waals surface area contributed by atoms with Crippen LogP contribution in [0.5, 0.6) is 0 Å². The van der Waals surface area contributed by atoms with Gasteiger partial charge in [0, 0.05) is 22.7 Å². The predicted molar refractivity (Wildman–Crippen MR) is 84.4 cm³/mol. The van der Waals surface area contributed by atoms with Crippen LogP contribution in [0.3, 0.4) is 0 Å². The number of anilines is 1. The number of benzene rings is 2. The fourth-order valence-corrected chi connectivity index (χ4v) is 2.48. The van der Waals surface area contributed by atoms with Crippen molar-refractivity contribution in [1.82, 2.24) is 0 Å². The summed E-state index contributed by atoms with van der Waals surface area (Å²) in [6, 6.07) is 6.79. The van der Waals surface area contributed by atoms with Crippen molar-refractivity contribution in [3.8, 4) is 0 Å². The number of nitrogens with one attached hydrogen (secondary N) is 1. The van der Waals surface area contributed by atoms with Crippen LogP contribution in [0.4, 0.5) is 14.5 Å². The van der Waals surface area contributed by atoms with Gasteiger partial charge >= 0.3 is 0 Å². The first-order valence-corrected chi connectivity index (χ1v) is 7.15. The lowest BCUT2D eigenvalue weighted by atomic mass is 10.0. The minimum Gasteiger partial charge on any atom is -0.464 e. The molecular weight excluding hydrogens is 300 g/mol. The Hall–Kier alpha value is -2.69. The summed E-state index contributed by atoms with van der Waals surface area (Å²) in [6.45, 7) is 3.98. The number of carbonyl (C=O) groups is 1. The van der Waals surface area contributed by atoms with Gasteiger partial charge in [-0.25, -0.2) is 8.78 Å². The highest BCUT2D eigenvalue weighted by Gasteiger charge is 2.12. The number of furan rings is 1. The van der Waals surface area contributed by atoms with Crippen LogP contribution in [-0.2, 0) is 11.2 Å². The minimum atomic E-state index is -0.736. The zero-order chi connectivity index (χ0) is 16.6. The molecule has 0 atom stereocenters. The van der Waals surface area contributed by atoms with Gasteiger partial charge in [0.25, 0.3) is 0 Å². The predicted octanol–water partition coefficient (Wildman–Crippen LogP) is 4.51. The van der Waals surface area contributed by atoms with Crippen molar-refractivity contribution < 1.29 is 18.0 Å². The molecule has 0 aliphatic rings. The minimum absolute atomic E-state index is 0.0631. The number of hydrogen-bond donors (Lipinski definition) is 1. The molecule has 0 bridgehead atoms. The summed E-state index contributed by atoms with van der Waals surface area (Å²) < 4.78 is 31.8. The highest BCUT2D eigenvalue weighted by atomic mass is 19.1. The number of aryl methyl sites for hydroxylation is 2. The van der Waals surface area contributed by atoms with Crippen LogP contribution in [0, 0.1) is 25.5 Å². The third-order valence-corrected chi connectivity index (χ3v) is 3.77. The summed E-state index contributed by atoms with van der Waals surface area (Å²) in [4.78, 5) is 12.1. The van der Waals surface area contributed by atoms with E-state index in [4.69, 9.17) is 4.42 Å². The van der Waals surface area contributed by atoms with Crippen molar-refractivity contribution in [3.05, 3.63) is 64.9 Å². The van der Waals surface area contributed by atoms with Gasteiger partial charge in [-0.05, 0) is 49.2 Å². The fraction of sp³-hybridized carbons (Fsp3) is 0.167. The summed E-state index contributed by atoms with van der Waals surface area (Å²) in [5, 5.41) is 3.36. The molecular formula is C18H15F2NO2. The first kappa shape index (κ1) is 15.2. The van der Waals surface area contributed by atoms with Gasteiger partial charge in [-0.3, -0.25) is 4.79 Å². The van der Waals surface area contributed by atoms with Crippen molar-refractivity contribution in [2.75, 3.05) is 5.32 Å². The Morgan fingerprint density at radius 1 is 1.04 bits per heavy atom. The van der Waals surface area contributed by atoms with Crippen LogP contribution in [-0.4, -0.2) is 5.91 Å². The number of carbonyl (C=O) groups excluding carboxylic acids is 1. The molecule has 0 radical (unpaired) electrons. The van der Waals surface area contributed by atoms with Gasteiger partial charge in [0.2, 0.25) is 5.91 Å². The van der Waals surface area contributed by atoms with Crippen LogP contribution < -0.4 is 5.32 Å². The molecule has 5 heteroatoms. The van der Waals surface area contributed by atoms with Gasteiger partial charge in [0.1, 0.15) is 17.2 Å². The lowest BCUT2D eigenvalue weighted by molar-refractivity contribution is -0.115. The summed E-state index contributed by atoms with van der Waals surface area (Å²) in [7, 11) is 0. The van der Waals surface area contributed by atoms with Gasteiger partial charge in [0.15, 0.2) is 0 Å². The molecule has 23 heavy (non-hydrogen) atoms. The van der Waals surface area contributed by atoms with Crippen LogP contribution in [0.1, 0.15) is 16.7 Å². The van der Waals surface area contributed by atoms with E-state index in [1.54, 1.807) is 0 Å². The SMILES string of the molecule is Cc1cc2occ(CC(=O)Nc3cc(F)cc(F)c3)c2cc1C. The molecule has 0 fully saturated rings. The normalized spacial score (nSPS) is 11.0. The second-order valence-electron chi connectivity index (χ2n) is 5.58. The average molecular weight is 315 g/mol. The standard InChI is InChI=1S/C18H15F2NO2/c1-10-3-16-12(9-23-17(16)4-11(10)2)5-18(22)21-15-7-13(19)6-14(20)8-15/h3-4,6-9H,5H2,1-2H3,(H,21,22). The number of halogens is 2. The van der Waals surface area contributed by atoms with E-state index in [-0.39, 0.29) is 18.0 Å². The molecule has 0 saturated heterocycles. The molecule has 1 amide bonds. The summed E-state index contributed by atoms with van der Waals surface area (Å²) >= 11 is 0. The molecule has 0 saturated carbocycles. The van der Waals surface area contributed by atoms with Crippen molar-refractivity contribution in [1.29, 1.82) is 0 Å². The van der Waals surface area contributed by atoms with Gasteiger partial charge in [-0.15, -0.1) is 0 Å². The van der Waals surface area contributed by atoms with Crippen molar-refractivity contribution in [3.63, 3.8) is 0 Å². The molecule has 3 nitrogen and oxygen atoms in total. The Bertz CT molecular complexity index is 879. The summed E-state index contributed by atoms with van der Waals surface area (Å²) in [6.07, 6.45) is 1.60. The van der Waals surface area contributed by atoms with Gasteiger partial charge in [-0.2, -0.15) is 0 Å². The molecule has 3 aromatic rings. The number of hydrogen-bond acceptors (Lipinski definition) is 2. The van der Waals surface area contributed by atoms with Crippen LogP contribution in [0.2, 0.25) is 0 Å². The lowest BCUT2D eigenvalue weighted by Gasteiger charge is -2.05. The van der Waals surface area contributed by atoms with E-state index < -0.39 is 11.6 Å². The second-order valence-corrected chi connectivity index (χ2v) is 5.58. The maximum absolute atomic E-state index is 13.1. The van der Waals surface area contributed by atoms with Gasteiger partial charge in [-0.1, -0.05) is 0 Å². The largest absolute Gasteiger partial charge is 0.464 e. The molecule has 118 valence electrons. The van der Waals surface area contributed by atoms with Crippen LogP contribution >= 0.6 is 0 Å². The molecule has 1 aromatic heterocycles. The van der Waals surface area contributed by atoms with Crippen molar-refractivity contribution in [2.24, 2.45) is 0 Å². The molecule has 2 aromatic carbocycles. The maximum atomic E-state index is 13.1. The number of fused-ring (bicyclic) bond motifs is 1. The van der Waals surface area contributed by atoms with Crippen LogP contribution in [0.25, 0.3) is 11.0 Å². The van der Waals surface area contributed by atoms with Crippen molar-refractivity contribution >= 4 is 22.6 Å². The smallest absolute Gasteiger partial charge is 0.228 e. The topological polar surface area (TPSA) is 42.2 Å². The highest BCUT2D eigenvalue weighted by Crippen LogP contribution is 2.25. The Labute approximate surface area is 131 Å². The molecule has 0 spiro atoms. The quantitative estimate of drug-likeness (QED) is 0.772. The Morgan fingerprint density at radius 3 is 2.39 bits per heavy atom. The van der Waals surface area contributed by atoms with Gasteiger partial charge in [0.05, 0.1) is 12.7 Å². The summed E-state index contributed by atoms with van der Waals surface area (Å²) in [5.41, 5.74) is 3.75. The van der Waals surface area contributed by atoms with E-state index in [9.17, 15) is 13.6 Å². The van der Waals surface area contributed by atoms with E-state index in [2.05, 4.69) is 5.32 Å². The molecule has 3 rings (SSSR count). The van der Waals surface area contributed by atoms with Crippen LogP contribution in [0.15, 0.2) is 41.0 Å². The maximum Gasteiger partial charge on any atom is 0.228 e. The van der Waals surface area contributed by atoms with Gasteiger partial charge < -0.3 is 9.73 Å². The van der Waals surface area contributed by atoms with E-state index >= 15 is 0 Å². The zero-order valence-corrected chi connectivity index (χ0v) is 12.7. The molecule has 0 unspecified atom stereocenters. The van der Waals surface area contributed by atoms with E-state index in [0.29, 0.717) is 5.58 Å². The third-order valence-electron chi connectivity index (χ3n) is 3.77.